The lowest BCUT2D eigenvalue weighted by Gasteiger charge is -2.51. The molecule has 0 aromatic carbocycles. The van der Waals surface area contributed by atoms with Gasteiger partial charge in [-0.2, -0.15) is 15.8 Å². The Morgan fingerprint density at radius 2 is 1.50 bits per heavy atom. The zero-order valence-electron chi connectivity index (χ0n) is 17.0. The van der Waals surface area contributed by atoms with Gasteiger partial charge in [-0.25, -0.2) is 0 Å². The Hall–Kier alpha value is -2.10. The highest BCUT2D eigenvalue weighted by atomic mass is 16.7. The normalized spacial score (nSPS) is 37.9. The molecule has 2 saturated heterocycles. The van der Waals surface area contributed by atoms with E-state index in [0.717, 1.165) is 38.5 Å². The second kappa shape index (κ2) is 7.73. The summed E-state index contributed by atoms with van der Waals surface area (Å²) in [5, 5.41) is 39.2. The van der Waals surface area contributed by atoms with Crippen molar-refractivity contribution in [1.29, 1.82) is 21.2 Å². The van der Waals surface area contributed by atoms with Gasteiger partial charge in [0.05, 0.1) is 30.2 Å². The van der Waals surface area contributed by atoms with Crippen LogP contribution in [0.2, 0.25) is 0 Å². The molecule has 3 aliphatic rings. The van der Waals surface area contributed by atoms with Crippen LogP contribution in [0.4, 0.5) is 0 Å². The van der Waals surface area contributed by atoms with Crippen molar-refractivity contribution in [3.05, 3.63) is 0 Å². The van der Waals surface area contributed by atoms with Crippen LogP contribution in [0.15, 0.2) is 0 Å². The predicted molar refractivity (Wildman–Crippen MR) is 103 cm³/mol. The van der Waals surface area contributed by atoms with Gasteiger partial charge in [0.1, 0.15) is 0 Å². The molecule has 6 heteroatoms. The number of nitrogens with one attached hydrogen (secondary N) is 1. The maximum absolute atomic E-state index is 10.3. The van der Waals surface area contributed by atoms with E-state index < -0.39 is 28.6 Å². The first-order valence-corrected chi connectivity index (χ1v) is 10.6. The van der Waals surface area contributed by atoms with Crippen LogP contribution >= 0.6 is 0 Å². The molecule has 1 aliphatic carbocycles. The lowest BCUT2D eigenvalue weighted by Crippen LogP contribution is -2.63. The fraction of sp³-hybridized carbons (Fsp3) is 0.818. The maximum atomic E-state index is 10.3. The molecule has 0 amide bonds. The Morgan fingerprint density at radius 1 is 0.929 bits per heavy atom. The zero-order chi connectivity index (χ0) is 20.4. The molecular formula is C22H30N4O2. The maximum Gasteiger partial charge on any atom is 0.217 e. The first kappa shape index (κ1) is 20.6. The van der Waals surface area contributed by atoms with Crippen molar-refractivity contribution < 1.29 is 9.47 Å². The summed E-state index contributed by atoms with van der Waals surface area (Å²) in [5.74, 6) is -1.94. The van der Waals surface area contributed by atoms with Crippen LogP contribution in [0, 0.1) is 62.1 Å². The summed E-state index contributed by atoms with van der Waals surface area (Å²) in [7, 11) is 0. The summed E-state index contributed by atoms with van der Waals surface area (Å²) in [6.07, 6.45) is 9.10. The van der Waals surface area contributed by atoms with Gasteiger partial charge in [0.2, 0.25) is 11.7 Å². The van der Waals surface area contributed by atoms with Crippen molar-refractivity contribution >= 4 is 5.90 Å². The molecule has 3 rings (SSSR count). The van der Waals surface area contributed by atoms with E-state index in [2.05, 4.69) is 18.2 Å². The third-order valence-corrected chi connectivity index (χ3v) is 6.96. The summed E-state index contributed by atoms with van der Waals surface area (Å²) < 4.78 is 12.5. The highest BCUT2D eigenvalue weighted by Gasteiger charge is 2.79. The van der Waals surface area contributed by atoms with Gasteiger partial charge >= 0.3 is 0 Å². The van der Waals surface area contributed by atoms with Gasteiger partial charge in [-0.15, -0.1) is 0 Å². The van der Waals surface area contributed by atoms with Gasteiger partial charge in [-0.1, -0.05) is 58.8 Å². The van der Waals surface area contributed by atoms with Crippen molar-refractivity contribution in [3.63, 3.8) is 0 Å². The highest BCUT2D eigenvalue weighted by molar-refractivity contribution is 5.89. The first-order valence-electron chi connectivity index (χ1n) is 10.6. The molecule has 0 aromatic rings. The Labute approximate surface area is 167 Å². The molecule has 0 aromatic heterocycles. The Kier molecular flexibility index (Phi) is 5.69. The molecule has 0 radical (unpaired) electrons. The van der Waals surface area contributed by atoms with Crippen LogP contribution in [0.3, 0.4) is 0 Å². The predicted octanol–water partition coefficient (Wildman–Crippen LogP) is 4.82. The minimum absolute atomic E-state index is 0.152. The van der Waals surface area contributed by atoms with E-state index in [1.807, 2.05) is 13.8 Å². The molecule has 2 aliphatic heterocycles. The van der Waals surface area contributed by atoms with Crippen molar-refractivity contribution in [2.24, 2.45) is 22.7 Å². The summed E-state index contributed by atoms with van der Waals surface area (Å²) in [5.41, 5.74) is -3.32. The Morgan fingerprint density at radius 3 is 2.04 bits per heavy atom. The van der Waals surface area contributed by atoms with Gasteiger partial charge in [0.15, 0.2) is 10.8 Å². The number of nitrogens with zero attached hydrogens (tertiary/aromatic N) is 3. The van der Waals surface area contributed by atoms with E-state index in [4.69, 9.17) is 14.9 Å². The van der Waals surface area contributed by atoms with Crippen LogP contribution in [0.25, 0.3) is 0 Å². The topological polar surface area (TPSA) is 114 Å². The van der Waals surface area contributed by atoms with Crippen LogP contribution in [0.5, 0.6) is 0 Å². The van der Waals surface area contributed by atoms with E-state index in [0.29, 0.717) is 12.8 Å². The van der Waals surface area contributed by atoms with Crippen LogP contribution < -0.4 is 0 Å². The van der Waals surface area contributed by atoms with E-state index in [-0.39, 0.29) is 11.8 Å². The lowest BCUT2D eigenvalue weighted by molar-refractivity contribution is -0.293. The molecule has 3 fully saturated rings. The smallest absolute Gasteiger partial charge is 0.217 e. The number of ether oxygens (including phenoxy) is 2. The second-order valence-electron chi connectivity index (χ2n) is 8.90. The first-order chi connectivity index (χ1) is 13.4. The standard InChI is InChI=1S/C22H30N4O2/c1-16(2)18-20(13-23,14-24)21(15-25)17-11-9-7-5-3-4-6-8-10-12-22(17,27-18)28-19(21)26/h16-18,26H,3-12H2,1-2H3. The van der Waals surface area contributed by atoms with Crippen molar-refractivity contribution in [1.82, 2.24) is 0 Å². The minimum atomic E-state index is -1.74. The van der Waals surface area contributed by atoms with E-state index in [1.165, 1.54) is 12.8 Å². The van der Waals surface area contributed by atoms with Gasteiger partial charge in [-0.3, -0.25) is 5.41 Å². The van der Waals surface area contributed by atoms with Crippen molar-refractivity contribution in [2.75, 3.05) is 0 Å². The molecule has 4 atom stereocenters. The molecule has 1 saturated carbocycles. The highest BCUT2D eigenvalue weighted by Crippen LogP contribution is 2.65. The molecule has 28 heavy (non-hydrogen) atoms. The number of hydrogen-bond acceptors (Lipinski definition) is 6. The summed E-state index contributed by atoms with van der Waals surface area (Å²) in [6.45, 7) is 3.79. The number of nitriles is 3. The molecule has 6 nitrogen and oxygen atoms in total. The zero-order valence-corrected chi connectivity index (χ0v) is 17.0. The average molecular weight is 383 g/mol. The minimum Gasteiger partial charge on any atom is -0.447 e. The Bertz CT molecular complexity index is 729. The average Bonchev–Trinajstić information content (AvgIpc) is 2.85. The van der Waals surface area contributed by atoms with Crippen LogP contribution in [-0.4, -0.2) is 17.8 Å². The molecule has 2 heterocycles. The van der Waals surface area contributed by atoms with Crippen LogP contribution in [-0.2, 0) is 9.47 Å². The SMILES string of the molecule is CC(C)C1OC23CCCCCCCCCCC2C(C#N)(C(=N)O3)C1(C#N)C#N. The summed E-state index contributed by atoms with van der Waals surface area (Å²) in [4.78, 5) is 0. The number of hydrogen-bond donors (Lipinski definition) is 1. The molecule has 0 spiro atoms. The molecule has 4 unspecified atom stereocenters. The number of rotatable bonds is 1. The second-order valence-corrected chi connectivity index (χ2v) is 8.90. The van der Waals surface area contributed by atoms with Gasteiger partial charge in [0.25, 0.3) is 0 Å². The van der Waals surface area contributed by atoms with E-state index >= 15 is 0 Å². The van der Waals surface area contributed by atoms with Gasteiger partial charge in [0, 0.05) is 6.42 Å². The van der Waals surface area contributed by atoms with Gasteiger partial charge in [-0.05, 0) is 18.8 Å². The van der Waals surface area contributed by atoms with E-state index in [1.54, 1.807) is 0 Å². The van der Waals surface area contributed by atoms with Crippen LogP contribution in [0.1, 0.15) is 78.1 Å². The summed E-state index contributed by atoms with van der Waals surface area (Å²) in [6, 6.07) is 6.54. The fourth-order valence-corrected chi connectivity index (χ4v) is 5.58. The van der Waals surface area contributed by atoms with Crippen molar-refractivity contribution in [2.45, 2.75) is 89.9 Å². The lowest BCUT2D eigenvalue weighted by atomic mass is 9.52. The fourth-order valence-electron chi connectivity index (χ4n) is 5.58. The largest absolute Gasteiger partial charge is 0.447 e. The molecule has 1 N–H and O–H groups in total. The molecular weight excluding hydrogens is 352 g/mol. The quantitative estimate of drug-likeness (QED) is 0.698. The van der Waals surface area contributed by atoms with Gasteiger partial charge < -0.3 is 9.47 Å². The summed E-state index contributed by atoms with van der Waals surface area (Å²) >= 11 is 0. The third kappa shape index (κ3) is 2.72. The third-order valence-electron chi connectivity index (χ3n) is 6.96. The monoisotopic (exact) mass is 382 g/mol. The van der Waals surface area contributed by atoms with Crippen molar-refractivity contribution in [3.8, 4) is 18.2 Å². The molecule has 150 valence electrons. The molecule has 2 bridgehead atoms. The Balaban J connectivity index is 2.14. The van der Waals surface area contributed by atoms with E-state index in [9.17, 15) is 15.8 Å².